The van der Waals surface area contributed by atoms with E-state index in [0.717, 1.165) is 12.0 Å². The first-order valence-corrected chi connectivity index (χ1v) is 7.29. The third-order valence-corrected chi connectivity index (χ3v) is 3.50. The lowest BCUT2D eigenvalue weighted by Gasteiger charge is -2.29. The Morgan fingerprint density at radius 3 is 2.55 bits per heavy atom. The Hall–Kier alpha value is -1.13. The van der Waals surface area contributed by atoms with E-state index in [2.05, 4.69) is 13.8 Å². The Morgan fingerprint density at radius 1 is 1.35 bits per heavy atom. The van der Waals surface area contributed by atoms with Gasteiger partial charge in [0.2, 0.25) is 0 Å². The SMILES string of the molecule is CCC(N)Cc1ccc(N(CCOC)C(C)C)c(F)c1. The zero-order chi connectivity index (χ0) is 15.1. The normalized spacial score (nSPS) is 12.8. The van der Waals surface area contributed by atoms with Gasteiger partial charge in [0.15, 0.2) is 0 Å². The molecule has 0 fully saturated rings. The van der Waals surface area contributed by atoms with Gasteiger partial charge in [0.05, 0.1) is 12.3 Å². The summed E-state index contributed by atoms with van der Waals surface area (Å²) in [7, 11) is 1.66. The number of nitrogens with zero attached hydrogens (tertiary/aromatic N) is 1. The molecule has 0 saturated heterocycles. The van der Waals surface area contributed by atoms with Crippen molar-refractivity contribution in [2.24, 2.45) is 5.73 Å². The van der Waals surface area contributed by atoms with Crippen LogP contribution in [0.25, 0.3) is 0 Å². The van der Waals surface area contributed by atoms with Crippen molar-refractivity contribution in [1.82, 2.24) is 0 Å². The monoisotopic (exact) mass is 282 g/mol. The van der Waals surface area contributed by atoms with Crippen LogP contribution in [0.5, 0.6) is 0 Å². The molecule has 1 unspecified atom stereocenters. The molecule has 4 heteroatoms. The first-order chi connectivity index (χ1) is 9.49. The maximum absolute atomic E-state index is 14.3. The number of hydrogen-bond donors (Lipinski definition) is 1. The summed E-state index contributed by atoms with van der Waals surface area (Å²) in [6, 6.07) is 5.74. The summed E-state index contributed by atoms with van der Waals surface area (Å²) in [5.41, 5.74) is 7.50. The largest absolute Gasteiger partial charge is 0.383 e. The van der Waals surface area contributed by atoms with Crippen LogP contribution < -0.4 is 10.6 Å². The van der Waals surface area contributed by atoms with Gasteiger partial charge < -0.3 is 15.4 Å². The van der Waals surface area contributed by atoms with E-state index in [9.17, 15) is 4.39 Å². The molecule has 1 aromatic rings. The van der Waals surface area contributed by atoms with Gasteiger partial charge in [-0.1, -0.05) is 13.0 Å². The average Bonchev–Trinajstić information content (AvgIpc) is 2.40. The fourth-order valence-electron chi connectivity index (χ4n) is 2.20. The number of benzene rings is 1. The Bertz CT molecular complexity index is 409. The van der Waals surface area contributed by atoms with Crippen LogP contribution in [-0.4, -0.2) is 32.3 Å². The van der Waals surface area contributed by atoms with Crippen molar-refractivity contribution in [1.29, 1.82) is 0 Å². The first kappa shape index (κ1) is 16.9. The Kier molecular flexibility index (Phi) is 6.96. The predicted octanol–water partition coefficient (Wildman–Crippen LogP) is 2.97. The molecule has 20 heavy (non-hydrogen) atoms. The van der Waals surface area contributed by atoms with Crippen LogP contribution in [-0.2, 0) is 11.2 Å². The lowest BCUT2D eigenvalue weighted by atomic mass is 10.0. The minimum Gasteiger partial charge on any atom is -0.383 e. The fraction of sp³-hybridized carbons (Fsp3) is 0.625. The van der Waals surface area contributed by atoms with E-state index in [0.29, 0.717) is 25.3 Å². The van der Waals surface area contributed by atoms with Crippen molar-refractivity contribution < 1.29 is 9.13 Å². The summed E-state index contributed by atoms with van der Waals surface area (Å²) in [6.07, 6.45) is 1.61. The molecule has 0 saturated carbocycles. The maximum Gasteiger partial charge on any atom is 0.146 e. The molecule has 1 rings (SSSR count). The van der Waals surface area contributed by atoms with E-state index in [1.807, 2.05) is 24.0 Å². The molecule has 0 aliphatic heterocycles. The van der Waals surface area contributed by atoms with E-state index in [1.54, 1.807) is 13.2 Å². The molecule has 0 aliphatic carbocycles. The van der Waals surface area contributed by atoms with Gasteiger partial charge in [0.25, 0.3) is 0 Å². The van der Waals surface area contributed by atoms with E-state index in [1.165, 1.54) is 0 Å². The molecule has 114 valence electrons. The Labute approximate surface area is 121 Å². The first-order valence-electron chi connectivity index (χ1n) is 7.29. The van der Waals surface area contributed by atoms with Gasteiger partial charge >= 0.3 is 0 Å². The zero-order valence-electron chi connectivity index (χ0n) is 13.0. The quantitative estimate of drug-likeness (QED) is 0.796. The molecule has 2 N–H and O–H groups in total. The molecule has 3 nitrogen and oxygen atoms in total. The lowest BCUT2D eigenvalue weighted by Crippen LogP contribution is -2.34. The predicted molar refractivity (Wildman–Crippen MR) is 82.7 cm³/mol. The van der Waals surface area contributed by atoms with E-state index >= 15 is 0 Å². The van der Waals surface area contributed by atoms with Crippen molar-refractivity contribution in [2.75, 3.05) is 25.2 Å². The summed E-state index contributed by atoms with van der Waals surface area (Å²) in [5.74, 6) is -0.185. The standard InChI is InChI=1S/C16H27FN2O/c1-5-14(18)10-13-6-7-16(15(17)11-13)19(12(2)3)8-9-20-4/h6-7,11-12,14H,5,8-10,18H2,1-4H3. The highest BCUT2D eigenvalue weighted by Crippen LogP contribution is 2.23. The van der Waals surface area contributed by atoms with Crippen LogP contribution in [0, 0.1) is 5.82 Å². The second-order valence-electron chi connectivity index (χ2n) is 5.44. The molecule has 0 radical (unpaired) electrons. The summed E-state index contributed by atoms with van der Waals surface area (Å²) in [5, 5.41) is 0. The average molecular weight is 282 g/mol. The molecule has 0 aromatic heterocycles. The molecule has 0 aliphatic rings. The van der Waals surface area contributed by atoms with Gasteiger partial charge in [-0.3, -0.25) is 0 Å². The number of nitrogens with two attached hydrogens (primary N) is 1. The number of halogens is 1. The Balaban J connectivity index is 2.89. The second kappa shape index (κ2) is 8.22. The Morgan fingerprint density at radius 2 is 2.05 bits per heavy atom. The second-order valence-corrected chi connectivity index (χ2v) is 5.44. The molecular formula is C16H27FN2O. The van der Waals surface area contributed by atoms with Crippen molar-refractivity contribution in [3.63, 3.8) is 0 Å². The van der Waals surface area contributed by atoms with Gasteiger partial charge in [0, 0.05) is 25.7 Å². The maximum atomic E-state index is 14.3. The smallest absolute Gasteiger partial charge is 0.146 e. The highest BCUT2D eigenvalue weighted by Gasteiger charge is 2.15. The van der Waals surface area contributed by atoms with Crippen LogP contribution in [0.3, 0.4) is 0 Å². The molecule has 1 atom stereocenters. The number of hydrogen-bond acceptors (Lipinski definition) is 3. The van der Waals surface area contributed by atoms with Crippen molar-refractivity contribution in [3.8, 4) is 0 Å². The fourth-order valence-corrected chi connectivity index (χ4v) is 2.20. The molecule has 0 bridgehead atoms. The number of methoxy groups -OCH3 is 1. The minimum absolute atomic E-state index is 0.0925. The molecular weight excluding hydrogens is 255 g/mol. The number of rotatable bonds is 8. The highest BCUT2D eigenvalue weighted by molar-refractivity contribution is 5.50. The van der Waals surface area contributed by atoms with Gasteiger partial charge in [0.1, 0.15) is 5.82 Å². The molecule has 0 heterocycles. The molecule has 1 aromatic carbocycles. The van der Waals surface area contributed by atoms with Crippen molar-refractivity contribution in [3.05, 3.63) is 29.6 Å². The third-order valence-electron chi connectivity index (χ3n) is 3.50. The summed E-state index contributed by atoms with van der Waals surface area (Å²) < 4.78 is 19.4. The molecule has 0 amide bonds. The van der Waals surface area contributed by atoms with Crippen molar-refractivity contribution >= 4 is 5.69 Å². The van der Waals surface area contributed by atoms with E-state index in [-0.39, 0.29) is 17.9 Å². The summed E-state index contributed by atoms with van der Waals surface area (Å²) in [4.78, 5) is 2.02. The topological polar surface area (TPSA) is 38.5 Å². The van der Waals surface area contributed by atoms with E-state index < -0.39 is 0 Å². The highest BCUT2D eigenvalue weighted by atomic mass is 19.1. The number of ether oxygens (including phenoxy) is 1. The summed E-state index contributed by atoms with van der Waals surface area (Å²) >= 11 is 0. The summed E-state index contributed by atoms with van der Waals surface area (Å²) in [6.45, 7) is 7.41. The van der Waals surface area contributed by atoms with Gasteiger partial charge in [-0.05, 0) is 44.4 Å². The van der Waals surface area contributed by atoms with Crippen LogP contribution in [0.2, 0.25) is 0 Å². The number of anilines is 1. The minimum atomic E-state index is -0.185. The van der Waals surface area contributed by atoms with Crippen LogP contribution in [0.1, 0.15) is 32.8 Å². The van der Waals surface area contributed by atoms with Gasteiger partial charge in [-0.15, -0.1) is 0 Å². The van der Waals surface area contributed by atoms with Crippen molar-refractivity contribution in [2.45, 2.75) is 45.7 Å². The van der Waals surface area contributed by atoms with Gasteiger partial charge in [-0.2, -0.15) is 0 Å². The zero-order valence-corrected chi connectivity index (χ0v) is 13.0. The van der Waals surface area contributed by atoms with E-state index in [4.69, 9.17) is 10.5 Å². The van der Waals surface area contributed by atoms with Crippen LogP contribution in [0.15, 0.2) is 18.2 Å². The third kappa shape index (κ3) is 4.76. The lowest BCUT2D eigenvalue weighted by molar-refractivity contribution is 0.203. The van der Waals surface area contributed by atoms with Gasteiger partial charge in [-0.25, -0.2) is 4.39 Å². The van der Waals surface area contributed by atoms with Crippen LogP contribution in [0.4, 0.5) is 10.1 Å². The van der Waals surface area contributed by atoms with Crippen LogP contribution >= 0.6 is 0 Å². The molecule has 0 spiro atoms.